The van der Waals surface area contributed by atoms with E-state index in [0.717, 1.165) is 44.1 Å². The van der Waals surface area contributed by atoms with Gasteiger partial charge in [-0.2, -0.15) is 0 Å². The van der Waals surface area contributed by atoms with E-state index in [1.54, 1.807) is 0 Å². The summed E-state index contributed by atoms with van der Waals surface area (Å²) in [6.45, 7) is -0.00273. The molecule has 178 valence electrons. The SMILES string of the molecule is O=C(NCCO)C1=C[C@@H](N(C(=O)C2CC2)C2CCCCCC2)[C@H](O)[C@H]2Oc3ccccc3[C@@H]12. The van der Waals surface area contributed by atoms with Crippen molar-refractivity contribution in [3.63, 3.8) is 0 Å². The molecule has 3 aliphatic carbocycles. The van der Waals surface area contributed by atoms with Crippen LogP contribution < -0.4 is 10.1 Å². The Kier molecular flexibility index (Phi) is 6.43. The molecule has 2 fully saturated rings. The molecule has 2 saturated carbocycles. The average Bonchev–Trinajstić information content (AvgIpc) is 3.64. The van der Waals surface area contributed by atoms with Gasteiger partial charge in [-0.25, -0.2) is 0 Å². The van der Waals surface area contributed by atoms with Crippen molar-refractivity contribution in [3.05, 3.63) is 41.5 Å². The minimum Gasteiger partial charge on any atom is -0.486 e. The third-order valence-corrected chi connectivity index (χ3v) is 7.60. The molecule has 5 rings (SSSR count). The fraction of sp³-hybridized carbons (Fsp3) is 0.615. The lowest BCUT2D eigenvalue weighted by molar-refractivity contribution is -0.142. The summed E-state index contributed by atoms with van der Waals surface area (Å²) in [7, 11) is 0. The van der Waals surface area contributed by atoms with Gasteiger partial charge in [0.1, 0.15) is 18.0 Å². The smallest absolute Gasteiger partial charge is 0.247 e. The average molecular weight is 455 g/mol. The maximum absolute atomic E-state index is 13.5. The van der Waals surface area contributed by atoms with Crippen LogP contribution in [0, 0.1) is 5.92 Å². The Labute approximate surface area is 194 Å². The van der Waals surface area contributed by atoms with Crippen molar-refractivity contribution < 1.29 is 24.5 Å². The number of aliphatic hydroxyl groups is 2. The minimum atomic E-state index is -0.928. The van der Waals surface area contributed by atoms with Gasteiger partial charge in [0, 0.05) is 29.6 Å². The number of hydrogen-bond acceptors (Lipinski definition) is 5. The predicted octanol–water partition coefficient (Wildman–Crippen LogP) is 2.27. The highest BCUT2D eigenvalue weighted by Gasteiger charge is 2.52. The van der Waals surface area contributed by atoms with Gasteiger partial charge in [-0.15, -0.1) is 0 Å². The molecule has 0 unspecified atom stereocenters. The van der Waals surface area contributed by atoms with Crippen LogP contribution in [-0.4, -0.2) is 64.4 Å². The van der Waals surface area contributed by atoms with Gasteiger partial charge < -0.3 is 25.2 Å². The number of nitrogens with zero attached hydrogens (tertiary/aromatic N) is 1. The molecule has 1 aromatic carbocycles. The van der Waals surface area contributed by atoms with Crippen LogP contribution >= 0.6 is 0 Å². The first kappa shape index (κ1) is 22.4. The van der Waals surface area contributed by atoms with E-state index in [2.05, 4.69) is 5.32 Å². The molecule has 0 aromatic heterocycles. The Morgan fingerprint density at radius 1 is 1.06 bits per heavy atom. The normalized spacial score (nSPS) is 29.2. The van der Waals surface area contributed by atoms with Crippen molar-refractivity contribution in [1.82, 2.24) is 10.2 Å². The van der Waals surface area contributed by atoms with E-state index in [1.807, 2.05) is 35.2 Å². The van der Waals surface area contributed by atoms with Gasteiger partial charge >= 0.3 is 0 Å². The highest BCUT2D eigenvalue weighted by atomic mass is 16.5. The van der Waals surface area contributed by atoms with Crippen molar-refractivity contribution in [2.75, 3.05) is 13.2 Å². The van der Waals surface area contributed by atoms with E-state index < -0.39 is 24.2 Å². The van der Waals surface area contributed by atoms with E-state index >= 15 is 0 Å². The van der Waals surface area contributed by atoms with Gasteiger partial charge in [0.2, 0.25) is 11.8 Å². The molecule has 1 aliphatic heterocycles. The van der Waals surface area contributed by atoms with Crippen molar-refractivity contribution in [2.45, 2.75) is 81.6 Å². The summed E-state index contributed by atoms with van der Waals surface area (Å²) in [6.07, 6.45) is 8.38. The number of ether oxygens (including phenoxy) is 1. The quantitative estimate of drug-likeness (QED) is 0.573. The van der Waals surface area contributed by atoms with Gasteiger partial charge in [-0.1, -0.05) is 43.9 Å². The second-order valence-corrected chi connectivity index (χ2v) is 9.85. The number of aliphatic hydroxyl groups excluding tert-OH is 2. The maximum Gasteiger partial charge on any atom is 0.247 e. The number of amides is 2. The van der Waals surface area contributed by atoms with E-state index in [1.165, 1.54) is 12.8 Å². The zero-order valence-corrected chi connectivity index (χ0v) is 19.0. The van der Waals surface area contributed by atoms with Crippen LogP contribution in [0.25, 0.3) is 0 Å². The number of para-hydroxylation sites is 1. The molecule has 4 aliphatic rings. The zero-order valence-electron chi connectivity index (χ0n) is 19.0. The van der Waals surface area contributed by atoms with Crippen molar-refractivity contribution >= 4 is 11.8 Å². The highest BCUT2D eigenvalue weighted by Crippen LogP contribution is 2.48. The van der Waals surface area contributed by atoms with Crippen molar-refractivity contribution in [2.24, 2.45) is 5.92 Å². The summed E-state index contributed by atoms with van der Waals surface area (Å²) in [4.78, 5) is 28.6. The van der Waals surface area contributed by atoms with Crippen LogP contribution in [0.1, 0.15) is 62.8 Å². The second-order valence-electron chi connectivity index (χ2n) is 9.85. The lowest BCUT2D eigenvalue weighted by atomic mass is 9.77. The highest BCUT2D eigenvalue weighted by molar-refractivity contribution is 5.96. The number of fused-ring (bicyclic) bond motifs is 3. The summed E-state index contributed by atoms with van der Waals surface area (Å²) in [5.41, 5.74) is 1.39. The second kappa shape index (κ2) is 9.47. The maximum atomic E-state index is 13.5. The first-order valence-corrected chi connectivity index (χ1v) is 12.5. The lowest BCUT2D eigenvalue weighted by Gasteiger charge is -2.44. The topological polar surface area (TPSA) is 99.1 Å². The fourth-order valence-corrected chi connectivity index (χ4v) is 5.81. The summed E-state index contributed by atoms with van der Waals surface area (Å²) >= 11 is 0. The summed E-state index contributed by atoms with van der Waals surface area (Å²) in [6, 6.07) is 7.03. The van der Waals surface area contributed by atoms with Gasteiger partial charge in [0.25, 0.3) is 0 Å². The predicted molar refractivity (Wildman–Crippen MR) is 123 cm³/mol. The van der Waals surface area contributed by atoms with Crippen molar-refractivity contribution in [1.29, 1.82) is 0 Å². The van der Waals surface area contributed by atoms with Gasteiger partial charge in [-0.3, -0.25) is 9.59 Å². The molecule has 0 saturated heterocycles. The minimum absolute atomic E-state index is 0.0277. The van der Waals surface area contributed by atoms with Crippen LogP contribution in [0.2, 0.25) is 0 Å². The molecule has 0 spiro atoms. The first-order chi connectivity index (χ1) is 16.1. The van der Waals surface area contributed by atoms with E-state index in [-0.39, 0.29) is 36.9 Å². The molecule has 0 bridgehead atoms. The molecule has 1 heterocycles. The van der Waals surface area contributed by atoms with Crippen LogP contribution in [0.5, 0.6) is 5.75 Å². The molecule has 7 heteroatoms. The lowest BCUT2D eigenvalue weighted by Crippen LogP contribution is -2.58. The van der Waals surface area contributed by atoms with Crippen molar-refractivity contribution in [3.8, 4) is 5.75 Å². The standard InChI is InChI=1S/C26H34N2O5/c29-14-13-27-25(31)19-15-20(23(30)24-22(19)18-9-5-6-10-21(18)33-24)28(26(32)16-11-12-16)17-7-3-1-2-4-8-17/h5-6,9-10,15-17,20,22-24,29-30H,1-4,7-8,11-14H2,(H,27,31)/t20-,22+,23+,24+/m1/s1. The van der Waals surface area contributed by atoms with E-state index in [9.17, 15) is 19.8 Å². The number of benzene rings is 1. The molecule has 3 N–H and O–H groups in total. The molecule has 4 atom stereocenters. The Morgan fingerprint density at radius 2 is 1.79 bits per heavy atom. The van der Waals surface area contributed by atoms with E-state index in [0.29, 0.717) is 11.3 Å². The largest absolute Gasteiger partial charge is 0.486 e. The number of rotatable bonds is 6. The summed E-state index contributed by atoms with van der Waals surface area (Å²) in [5, 5.41) is 23.6. The van der Waals surface area contributed by atoms with Crippen LogP contribution in [0.4, 0.5) is 0 Å². The zero-order chi connectivity index (χ0) is 22.9. The van der Waals surface area contributed by atoms with Crippen LogP contribution in [0.3, 0.4) is 0 Å². The molecule has 1 aromatic rings. The Balaban J connectivity index is 1.54. The van der Waals surface area contributed by atoms with Crippen LogP contribution in [0.15, 0.2) is 35.9 Å². The molecular weight excluding hydrogens is 420 g/mol. The monoisotopic (exact) mass is 454 g/mol. The molecule has 33 heavy (non-hydrogen) atoms. The van der Waals surface area contributed by atoms with Gasteiger partial charge in [0.05, 0.1) is 18.6 Å². The van der Waals surface area contributed by atoms with E-state index in [4.69, 9.17) is 4.74 Å². The van der Waals surface area contributed by atoms with Gasteiger partial charge in [-0.05, 0) is 37.8 Å². The number of hydrogen-bond donors (Lipinski definition) is 3. The summed E-state index contributed by atoms with van der Waals surface area (Å²) in [5.74, 6) is 0.114. The Morgan fingerprint density at radius 3 is 2.48 bits per heavy atom. The summed E-state index contributed by atoms with van der Waals surface area (Å²) < 4.78 is 6.20. The molecule has 2 amide bonds. The first-order valence-electron chi connectivity index (χ1n) is 12.5. The van der Waals surface area contributed by atoms with Crippen LogP contribution in [-0.2, 0) is 9.59 Å². The molecular formula is C26H34N2O5. The fourth-order valence-electron chi connectivity index (χ4n) is 5.81. The third kappa shape index (κ3) is 4.28. The number of carbonyl (C=O) groups is 2. The molecule has 7 nitrogen and oxygen atoms in total. The number of nitrogens with one attached hydrogen (secondary N) is 1. The number of carbonyl (C=O) groups excluding carboxylic acids is 2. The Hall–Kier alpha value is -2.38. The molecule has 0 radical (unpaired) electrons. The third-order valence-electron chi connectivity index (χ3n) is 7.60. The Bertz CT molecular complexity index is 919. The van der Waals surface area contributed by atoms with Gasteiger partial charge in [0.15, 0.2) is 0 Å².